The second kappa shape index (κ2) is 5.22. The van der Waals surface area contributed by atoms with E-state index in [1.54, 1.807) is 24.8 Å². The molecule has 2 heterocycles. The standard InChI is InChI=1S/C14H11N5/c1-2-4-13-12(3-1)16-10-14(18-13)19-17-9-11-5-7-15-8-6-11/h1-10H,(H,18,19)/b17-9+. The molecule has 19 heavy (non-hydrogen) atoms. The molecule has 0 spiro atoms. The molecule has 0 saturated heterocycles. The van der Waals surface area contributed by atoms with Gasteiger partial charge >= 0.3 is 0 Å². The van der Waals surface area contributed by atoms with Gasteiger partial charge in [0.15, 0.2) is 5.82 Å². The molecule has 0 radical (unpaired) electrons. The molecule has 1 N–H and O–H groups in total. The van der Waals surface area contributed by atoms with Gasteiger partial charge in [-0.3, -0.25) is 15.4 Å². The summed E-state index contributed by atoms with van der Waals surface area (Å²) in [5.41, 5.74) is 5.54. The van der Waals surface area contributed by atoms with E-state index >= 15 is 0 Å². The van der Waals surface area contributed by atoms with E-state index < -0.39 is 0 Å². The van der Waals surface area contributed by atoms with Gasteiger partial charge in [-0.05, 0) is 29.8 Å². The molecule has 5 heteroatoms. The van der Waals surface area contributed by atoms with E-state index in [9.17, 15) is 0 Å². The first-order valence-corrected chi connectivity index (χ1v) is 5.83. The van der Waals surface area contributed by atoms with Crippen LogP contribution in [0, 0.1) is 0 Å². The van der Waals surface area contributed by atoms with Crippen LogP contribution in [-0.2, 0) is 0 Å². The van der Waals surface area contributed by atoms with Gasteiger partial charge < -0.3 is 0 Å². The molecule has 3 aromatic rings. The Morgan fingerprint density at radius 1 is 1.00 bits per heavy atom. The zero-order valence-electron chi connectivity index (χ0n) is 10.1. The summed E-state index contributed by atoms with van der Waals surface area (Å²) >= 11 is 0. The van der Waals surface area contributed by atoms with Crippen LogP contribution in [0.5, 0.6) is 0 Å². The normalized spacial score (nSPS) is 10.9. The van der Waals surface area contributed by atoms with E-state index in [2.05, 4.69) is 25.5 Å². The molecule has 1 aromatic carbocycles. The van der Waals surface area contributed by atoms with Crippen molar-refractivity contribution in [3.05, 3.63) is 60.6 Å². The average molecular weight is 249 g/mol. The summed E-state index contributed by atoms with van der Waals surface area (Å²) in [5.74, 6) is 0.615. The number of nitrogens with zero attached hydrogens (tertiary/aromatic N) is 4. The first-order chi connectivity index (χ1) is 9.42. The first-order valence-electron chi connectivity index (χ1n) is 5.83. The highest BCUT2D eigenvalue weighted by molar-refractivity contribution is 5.80. The SMILES string of the molecule is C(=N\Nc1cnc2ccccc2n1)/c1ccncc1. The molecular formula is C14H11N5. The van der Waals surface area contributed by atoms with Crippen LogP contribution in [0.1, 0.15) is 5.56 Å². The van der Waals surface area contributed by atoms with Gasteiger partial charge in [-0.2, -0.15) is 5.10 Å². The predicted octanol–water partition coefficient (Wildman–Crippen LogP) is 2.47. The van der Waals surface area contributed by atoms with Gasteiger partial charge in [0.1, 0.15) is 0 Å². The number of anilines is 1. The van der Waals surface area contributed by atoms with Crippen LogP contribution < -0.4 is 5.43 Å². The van der Waals surface area contributed by atoms with E-state index in [0.717, 1.165) is 16.6 Å². The molecule has 2 aromatic heterocycles. The van der Waals surface area contributed by atoms with Gasteiger partial charge in [-0.25, -0.2) is 4.98 Å². The number of pyridine rings is 1. The molecule has 0 saturated carbocycles. The smallest absolute Gasteiger partial charge is 0.165 e. The molecule has 0 atom stereocenters. The molecule has 0 aliphatic rings. The lowest BCUT2D eigenvalue weighted by Crippen LogP contribution is -1.95. The first kappa shape index (κ1) is 11.3. The lowest BCUT2D eigenvalue weighted by atomic mass is 10.3. The van der Waals surface area contributed by atoms with E-state index in [-0.39, 0.29) is 0 Å². The molecule has 5 nitrogen and oxygen atoms in total. The topological polar surface area (TPSA) is 63.1 Å². The van der Waals surface area contributed by atoms with Gasteiger partial charge in [0.2, 0.25) is 0 Å². The maximum absolute atomic E-state index is 4.41. The summed E-state index contributed by atoms with van der Waals surface area (Å²) in [7, 11) is 0. The Morgan fingerprint density at radius 2 is 1.79 bits per heavy atom. The summed E-state index contributed by atoms with van der Waals surface area (Å²) in [4.78, 5) is 12.6. The summed E-state index contributed by atoms with van der Waals surface area (Å²) in [5, 5.41) is 4.11. The predicted molar refractivity (Wildman–Crippen MR) is 75.0 cm³/mol. The van der Waals surface area contributed by atoms with E-state index in [4.69, 9.17) is 0 Å². The van der Waals surface area contributed by atoms with Crippen molar-refractivity contribution in [2.75, 3.05) is 5.43 Å². The number of benzene rings is 1. The molecule has 0 aliphatic carbocycles. The molecule has 0 aliphatic heterocycles. The highest BCUT2D eigenvalue weighted by Crippen LogP contribution is 2.10. The number of hydrogen-bond acceptors (Lipinski definition) is 5. The van der Waals surface area contributed by atoms with Crippen LogP contribution >= 0.6 is 0 Å². The highest BCUT2D eigenvalue weighted by Gasteiger charge is 1.96. The third-order valence-corrected chi connectivity index (χ3v) is 2.55. The zero-order valence-corrected chi connectivity index (χ0v) is 10.1. The highest BCUT2D eigenvalue weighted by atomic mass is 15.3. The van der Waals surface area contributed by atoms with Gasteiger partial charge in [-0.15, -0.1) is 0 Å². The Bertz CT molecular complexity index is 709. The van der Waals surface area contributed by atoms with Crippen LogP contribution in [0.15, 0.2) is 60.1 Å². The van der Waals surface area contributed by atoms with Crippen molar-refractivity contribution in [2.45, 2.75) is 0 Å². The maximum atomic E-state index is 4.41. The Kier molecular flexibility index (Phi) is 3.10. The molecule has 0 amide bonds. The fraction of sp³-hybridized carbons (Fsp3) is 0. The minimum Gasteiger partial charge on any atom is -0.265 e. The summed E-state index contributed by atoms with van der Waals surface area (Å²) < 4.78 is 0. The lowest BCUT2D eigenvalue weighted by Gasteiger charge is -2.00. The average Bonchev–Trinajstić information content (AvgIpc) is 2.48. The van der Waals surface area contributed by atoms with Crippen LogP contribution in [0.4, 0.5) is 5.82 Å². The minimum atomic E-state index is 0.615. The third kappa shape index (κ3) is 2.71. The van der Waals surface area contributed by atoms with E-state index in [1.165, 1.54) is 0 Å². The third-order valence-electron chi connectivity index (χ3n) is 2.55. The van der Waals surface area contributed by atoms with Crippen LogP contribution in [0.25, 0.3) is 11.0 Å². The van der Waals surface area contributed by atoms with Crippen molar-refractivity contribution < 1.29 is 0 Å². The summed E-state index contributed by atoms with van der Waals surface area (Å²) in [6.45, 7) is 0. The zero-order chi connectivity index (χ0) is 12.9. The second-order valence-corrected chi connectivity index (χ2v) is 3.89. The van der Waals surface area contributed by atoms with Crippen molar-refractivity contribution in [1.29, 1.82) is 0 Å². The number of fused-ring (bicyclic) bond motifs is 1. The van der Waals surface area contributed by atoms with Crippen molar-refractivity contribution in [3.63, 3.8) is 0 Å². The van der Waals surface area contributed by atoms with Crippen LogP contribution in [0.2, 0.25) is 0 Å². The van der Waals surface area contributed by atoms with Crippen molar-refractivity contribution in [1.82, 2.24) is 15.0 Å². The number of hydrogen-bond donors (Lipinski definition) is 1. The Balaban J connectivity index is 1.77. The fourth-order valence-corrected chi connectivity index (χ4v) is 1.63. The van der Waals surface area contributed by atoms with Crippen molar-refractivity contribution >= 4 is 23.1 Å². The van der Waals surface area contributed by atoms with Gasteiger partial charge in [-0.1, -0.05) is 12.1 Å². The number of hydrazone groups is 1. The fourth-order valence-electron chi connectivity index (χ4n) is 1.63. The molecular weight excluding hydrogens is 238 g/mol. The second-order valence-electron chi connectivity index (χ2n) is 3.89. The molecule has 0 unspecified atom stereocenters. The van der Waals surface area contributed by atoms with Crippen LogP contribution in [-0.4, -0.2) is 21.2 Å². The van der Waals surface area contributed by atoms with Gasteiger partial charge in [0.05, 0.1) is 23.4 Å². The minimum absolute atomic E-state index is 0.615. The number of para-hydroxylation sites is 2. The van der Waals surface area contributed by atoms with Gasteiger partial charge in [0, 0.05) is 12.4 Å². The molecule has 0 bridgehead atoms. The maximum Gasteiger partial charge on any atom is 0.165 e. The number of rotatable bonds is 3. The van der Waals surface area contributed by atoms with Crippen molar-refractivity contribution in [3.8, 4) is 0 Å². The Morgan fingerprint density at radius 3 is 2.63 bits per heavy atom. The molecule has 0 fully saturated rings. The number of nitrogens with one attached hydrogen (secondary N) is 1. The van der Waals surface area contributed by atoms with Gasteiger partial charge in [0.25, 0.3) is 0 Å². The van der Waals surface area contributed by atoms with Crippen molar-refractivity contribution in [2.24, 2.45) is 5.10 Å². The Labute approximate surface area is 110 Å². The quantitative estimate of drug-likeness (QED) is 0.572. The number of aromatic nitrogens is 3. The monoisotopic (exact) mass is 249 g/mol. The Hall–Kier alpha value is -2.82. The summed E-state index contributed by atoms with van der Waals surface area (Å²) in [6, 6.07) is 11.5. The lowest BCUT2D eigenvalue weighted by molar-refractivity contribution is 1.22. The largest absolute Gasteiger partial charge is 0.265 e. The van der Waals surface area contributed by atoms with Crippen LogP contribution in [0.3, 0.4) is 0 Å². The van der Waals surface area contributed by atoms with E-state index in [0.29, 0.717) is 5.82 Å². The molecule has 3 rings (SSSR count). The summed E-state index contributed by atoms with van der Waals surface area (Å²) in [6.07, 6.45) is 6.80. The van der Waals surface area contributed by atoms with E-state index in [1.807, 2.05) is 36.4 Å². The molecule has 92 valence electrons.